The van der Waals surface area contributed by atoms with Gasteiger partial charge in [0, 0.05) is 30.1 Å². The molecule has 0 bridgehead atoms. The Morgan fingerprint density at radius 2 is 1.59 bits per heavy atom. The molecule has 0 aliphatic heterocycles. The van der Waals surface area contributed by atoms with E-state index in [4.69, 9.17) is 9.47 Å². The van der Waals surface area contributed by atoms with Crippen LogP contribution in [0.1, 0.15) is 89.7 Å². The first-order valence-corrected chi connectivity index (χ1v) is 20.8. The van der Waals surface area contributed by atoms with Crippen molar-refractivity contribution in [3.63, 3.8) is 0 Å². The van der Waals surface area contributed by atoms with Gasteiger partial charge >= 0.3 is 0 Å². The van der Waals surface area contributed by atoms with Gasteiger partial charge in [-0.05, 0) is 96.5 Å². The fourth-order valence-corrected chi connectivity index (χ4v) is 6.67. The lowest BCUT2D eigenvalue weighted by atomic mass is 9.99. The summed E-state index contributed by atoms with van der Waals surface area (Å²) < 4.78 is 13.2. The van der Waals surface area contributed by atoms with E-state index in [2.05, 4.69) is 182 Å². The molecule has 0 radical (unpaired) electrons. The summed E-state index contributed by atoms with van der Waals surface area (Å²) in [5, 5.41) is 0. The summed E-state index contributed by atoms with van der Waals surface area (Å²) in [6.07, 6.45) is 48.4. The second kappa shape index (κ2) is 27.9. The molecule has 4 nitrogen and oxygen atoms in total. The van der Waals surface area contributed by atoms with Crippen molar-refractivity contribution in [3.05, 3.63) is 217 Å². The van der Waals surface area contributed by atoms with Crippen LogP contribution in [-0.2, 0) is 16.0 Å². The highest BCUT2D eigenvalue weighted by Gasteiger charge is 2.19. The molecule has 0 spiro atoms. The van der Waals surface area contributed by atoms with Gasteiger partial charge in [-0.1, -0.05) is 169 Å². The third kappa shape index (κ3) is 14.6. The molecule has 0 saturated heterocycles. The second-order valence-electron chi connectivity index (χ2n) is 13.1. The average Bonchev–Trinajstić information content (AvgIpc) is 3.40. The molecule has 1 aromatic carbocycles. The molecule has 1 heterocycles. The van der Waals surface area contributed by atoms with Gasteiger partial charge in [0.1, 0.15) is 5.76 Å². The second-order valence-corrected chi connectivity index (χ2v) is 13.1. The Bertz CT molecular complexity index is 2060. The fourth-order valence-electron chi connectivity index (χ4n) is 6.67. The van der Waals surface area contributed by atoms with Gasteiger partial charge < -0.3 is 18.9 Å². The summed E-state index contributed by atoms with van der Waals surface area (Å²) in [6.45, 7) is 21.1. The van der Waals surface area contributed by atoms with Crippen molar-refractivity contribution in [2.75, 3.05) is 14.2 Å². The van der Waals surface area contributed by atoms with Gasteiger partial charge in [-0.15, -0.1) is 0 Å². The predicted octanol–water partition coefficient (Wildman–Crippen LogP) is 14.8. The number of rotatable bonds is 15. The molecule has 5 rings (SSSR count). The van der Waals surface area contributed by atoms with Gasteiger partial charge in [0.25, 0.3) is 0 Å². The van der Waals surface area contributed by atoms with Crippen molar-refractivity contribution in [2.24, 2.45) is 0 Å². The molecule has 59 heavy (non-hydrogen) atoms. The van der Waals surface area contributed by atoms with Gasteiger partial charge in [-0.25, -0.2) is 0 Å². The first-order valence-electron chi connectivity index (χ1n) is 20.8. The topological polar surface area (TPSA) is 26.6 Å². The number of nitrogens with zero attached hydrogens (tertiary/aromatic N) is 2. The molecule has 0 fully saturated rings. The van der Waals surface area contributed by atoms with Gasteiger partial charge in [-0.3, -0.25) is 0 Å². The Hall–Kier alpha value is -5.65. The van der Waals surface area contributed by atoms with Crippen molar-refractivity contribution in [1.82, 2.24) is 9.47 Å². The van der Waals surface area contributed by atoms with E-state index in [9.17, 15) is 0 Å². The highest BCUT2D eigenvalue weighted by Crippen LogP contribution is 2.34. The quantitative estimate of drug-likeness (QED) is 0.102. The molecule has 3 aliphatic carbocycles. The van der Waals surface area contributed by atoms with Crippen molar-refractivity contribution in [1.29, 1.82) is 0 Å². The Kier molecular flexibility index (Phi) is 23.4. The van der Waals surface area contributed by atoms with E-state index in [1.807, 2.05) is 45.9 Å². The number of ether oxygens (including phenoxy) is 2. The van der Waals surface area contributed by atoms with Crippen molar-refractivity contribution in [3.8, 4) is 0 Å². The lowest BCUT2D eigenvalue weighted by molar-refractivity contribution is 0.283. The van der Waals surface area contributed by atoms with Crippen molar-refractivity contribution in [2.45, 2.75) is 79.8 Å². The Morgan fingerprint density at radius 3 is 2.29 bits per heavy atom. The van der Waals surface area contributed by atoms with Crippen LogP contribution < -0.4 is 0 Å². The zero-order chi connectivity index (χ0) is 42.1. The van der Waals surface area contributed by atoms with Crippen LogP contribution in [-0.4, -0.2) is 29.7 Å². The van der Waals surface area contributed by atoms with E-state index in [1.54, 1.807) is 14.2 Å². The maximum Gasteiger partial charge on any atom is 0.111 e. The van der Waals surface area contributed by atoms with E-state index in [0.29, 0.717) is 12.3 Å². The van der Waals surface area contributed by atoms with E-state index in [1.165, 1.54) is 33.5 Å². The predicted molar refractivity (Wildman–Crippen MR) is 265 cm³/mol. The summed E-state index contributed by atoms with van der Waals surface area (Å²) in [4.78, 5) is 2.39. The van der Waals surface area contributed by atoms with Gasteiger partial charge in [0.05, 0.1) is 31.7 Å². The van der Waals surface area contributed by atoms with Crippen molar-refractivity contribution >= 4 is 35.9 Å². The number of allylic oxidation sites excluding steroid dienone is 23. The smallest absolute Gasteiger partial charge is 0.111 e. The number of aromatic nitrogens is 1. The molecule has 0 amide bonds. The summed E-state index contributed by atoms with van der Waals surface area (Å²) in [5.41, 5.74) is 10.6. The monoisotopic (exact) mass is 809 g/mol. The highest BCUT2D eigenvalue weighted by molar-refractivity contribution is 7.59. The minimum Gasteiger partial charge on any atom is -0.501 e. The average molecular weight is 809 g/mol. The largest absolute Gasteiger partial charge is 0.501 e. The van der Waals surface area contributed by atoms with Crippen LogP contribution in [0, 0.1) is 0 Å². The normalized spacial score (nSPS) is 17.3. The molecular weight excluding hydrogens is 741 g/mol. The van der Waals surface area contributed by atoms with Crippen LogP contribution in [0.5, 0.6) is 0 Å². The number of benzene rings is 1. The van der Waals surface area contributed by atoms with Crippen LogP contribution >= 0.6 is 13.5 Å². The number of methoxy groups -OCH3 is 2. The van der Waals surface area contributed by atoms with Crippen LogP contribution in [0.2, 0.25) is 0 Å². The first kappa shape index (κ1) is 49.5. The highest BCUT2D eigenvalue weighted by atomic mass is 32.1. The number of hydrogen-bond acceptors (Lipinski definition) is 3. The molecule has 1 aromatic heterocycles. The third-order valence-corrected chi connectivity index (χ3v) is 9.60. The van der Waals surface area contributed by atoms with Gasteiger partial charge in [0.15, 0.2) is 0 Å². The summed E-state index contributed by atoms with van der Waals surface area (Å²) in [5.74, 6) is 1.55. The van der Waals surface area contributed by atoms with Crippen LogP contribution in [0.4, 0.5) is 0 Å². The molecule has 312 valence electrons. The first-order chi connectivity index (χ1) is 28.5. The van der Waals surface area contributed by atoms with Crippen LogP contribution in [0.3, 0.4) is 0 Å². The lowest BCUT2D eigenvalue weighted by Crippen LogP contribution is -2.31. The maximum absolute atomic E-state index is 5.51. The molecule has 3 aliphatic rings. The number of hydrogen-bond donors (Lipinski definition) is 0. The SMILES string of the molecule is C=C/C=C(\C=C(/CC)c1ccc(CN(C(/C=C\C(=C)OC)=C/C)C2C=C/C=C(/OC)CC=C2)cc1)n1c(C2=CC=CCC=C2)ccc1C1=CC=CC=CC1.CC.CC.S. The molecule has 1 atom stereocenters. The van der Waals surface area contributed by atoms with E-state index < -0.39 is 0 Å². The van der Waals surface area contributed by atoms with Crippen LogP contribution in [0.25, 0.3) is 22.4 Å². The van der Waals surface area contributed by atoms with Crippen LogP contribution in [0.15, 0.2) is 194 Å². The summed E-state index contributed by atoms with van der Waals surface area (Å²) in [7, 11) is 3.36. The molecular formula is C54H68N2O2S. The van der Waals surface area contributed by atoms with E-state index >= 15 is 0 Å². The minimum atomic E-state index is 0. The molecule has 5 heteroatoms. The van der Waals surface area contributed by atoms with Gasteiger partial charge in [0.2, 0.25) is 0 Å². The zero-order valence-electron chi connectivity index (χ0n) is 36.8. The molecule has 1 unspecified atom stereocenters. The Morgan fingerprint density at radius 1 is 0.831 bits per heavy atom. The van der Waals surface area contributed by atoms with E-state index in [-0.39, 0.29) is 19.5 Å². The Labute approximate surface area is 364 Å². The standard InChI is InChI=1S/C50H54N2O2.2C2H6.H2S/c1-7-20-47(52-49(43-21-14-10-11-15-22-43)35-36-50(52)44-23-16-12-13-17-24-44)37-41(8-2)42-32-30-40(31-33-42)38-51(45(9-3)34-29-39(4)53-5)46-25-18-27-48(54-6)28-19-26-46;2*1-2;/h7,9-12,14-21,23-27,29-37,46H,1,4,8,13,22,28,38H2,2-3,5-6H3;2*1-2H3;1H2/b25-18?,26-19?,34-29-,41-37+,45-9+,47-20+,48-27+;;;. The van der Waals surface area contributed by atoms with Crippen molar-refractivity contribution < 1.29 is 9.47 Å². The summed E-state index contributed by atoms with van der Waals surface area (Å²) in [6, 6.07) is 13.5. The minimum absolute atomic E-state index is 0. The Balaban J connectivity index is 0.00000233. The van der Waals surface area contributed by atoms with E-state index in [0.717, 1.165) is 48.5 Å². The molecule has 2 aromatic rings. The molecule has 0 N–H and O–H groups in total. The molecule has 0 saturated carbocycles. The van der Waals surface area contributed by atoms with Gasteiger partial charge in [-0.2, -0.15) is 13.5 Å². The maximum atomic E-state index is 5.51. The lowest BCUT2D eigenvalue weighted by Gasteiger charge is -2.32. The zero-order valence-corrected chi connectivity index (χ0v) is 37.8. The summed E-state index contributed by atoms with van der Waals surface area (Å²) >= 11 is 0. The third-order valence-electron chi connectivity index (χ3n) is 9.60. The fraction of sp³-hybridized carbons (Fsp3) is 0.259.